The second kappa shape index (κ2) is 7.02. The fraction of sp³-hybridized carbons (Fsp3) is 0.125. The van der Waals surface area contributed by atoms with Gasteiger partial charge in [0.05, 0.1) is 11.4 Å². The number of amides is 1. The third-order valence-electron chi connectivity index (χ3n) is 5.27. The van der Waals surface area contributed by atoms with Gasteiger partial charge in [0.2, 0.25) is 5.91 Å². The summed E-state index contributed by atoms with van der Waals surface area (Å²) in [5.74, 6) is 0.000870. The molecule has 0 fully saturated rings. The lowest BCUT2D eigenvalue weighted by atomic mass is 10.1. The van der Waals surface area contributed by atoms with Gasteiger partial charge in [-0.05, 0) is 47.9 Å². The van der Waals surface area contributed by atoms with Gasteiger partial charge in [-0.1, -0.05) is 30.3 Å². The summed E-state index contributed by atoms with van der Waals surface area (Å²) in [7, 11) is 0. The quantitative estimate of drug-likeness (QED) is 0.499. The first-order valence-corrected chi connectivity index (χ1v) is 9.62. The van der Waals surface area contributed by atoms with Gasteiger partial charge in [-0.15, -0.1) is 0 Å². The number of fused-ring (bicyclic) bond motifs is 2. The fourth-order valence-electron chi connectivity index (χ4n) is 3.79. The minimum Gasteiger partial charge on any atom is -0.330 e. The normalized spacial score (nSPS) is 13.3. The molecule has 29 heavy (non-hydrogen) atoms. The third-order valence-corrected chi connectivity index (χ3v) is 5.27. The van der Waals surface area contributed by atoms with Crippen molar-refractivity contribution in [1.82, 2.24) is 19.3 Å². The van der Waals surface area contributed by atoms with Crippen LogP contribution in [0.3, 0.4) is 0 Å². The maximum absolute atomic E-state index is 12.9. The van der Waals surface area contributed by atoms with Crippen LogP contribution in [0.1, 0.15) is 22.4 Å². The smallest absolute Gasteiger partial charge is 0.247 e. The second-order valence-corrected chi connectivity index (χ2v) is 7.32. The fourth-order valence-corrected chi connectivity index (χ4v) is 3.79. The van der Waals surface area contributed by atoms with E-state index in [1.807, 2.05) is 64.9 Å². The van der Waals surface area contributed by atoms with Gasteiger partial charge < -0.3 is 4.90 Å². The van der Waals surface area contributed by atoms with Crippen LogP contribution in [0.4, 0.5) is 0 Å². The molecule has 4 aromatic rings. The molecule has 1 amide bonds. The molecule has 3 aromatic heterocycles. The van der Waals surface area contributed by atoms with Crippen molar-refractivity contribution in [3.63, 3.8) is 0 Å². The van der Waals surface area contributed by atoms with Crippen molar-refractivity contribution in [2.45, 2.75) is 20.0 Å². The number of rotatable bonds is 3. The number of aryl methyl sites for hydroxylation is 1. The molecule has 5 heteroatoms. The molecule has 0 atom stereocenters. The summed E-state index contributed by atoms with van der Waals surface area (Å²) in [6.07, 6.45) is 9.10. The standard InChI is InChI=1S/C24H20N4O/c1-17-8-10-22-26-24(18-7-4-12-25-13-18)21(28(22)14-17)9-11-23(29)27-15-19-5-2-3-6-20(19)16-27/h2-14H,15-16H2,1H3/b11-9+. The minimum absolute atomic E-state index is 0.000870. The van der Waals surface area contributed by atoms with Crippen LogP contribution in [0.25, 0.3) is 23.0 Å². The summed E-state index contributed by atoms with van der Waals surface area (Å²) in [4.78, 5) is 23.7. The summed E-state index contributed by atoms with van der Waals surface area (Å²) in [6.45, 7) is 3.35. The summed E-state index contributed by atoms with van der Waals surface area (Å²) >= 11 is 0. The van der Waals surface area contributed by atoms with Crippen LogP contribution in [0.15, 0.2) is 73.2 Å². The van der Waals surface area contributed by atoms with Crippen molar-refractivity contribution in [2.75, 3.05) is 0 Å². The molecule has 0 spiro atoms. The Morgan fingerprint density at radius 3 is 2.55 bits per heavy atom. The molecular formula is C24H20N4O. The Labute approximate surface area is 169 Å². The lowest BCUT2D eigenvalue weighted by Crippen LogP contribution is -2.22. The number of nitrogens with zero attached hydrogens (tertiary/aromatic N) is 4. The molecular weight excluding hydrogens is 360 g/mol. The maximum Gasteiger partial charge on any atom is 0.247 e. The topological polar surface area (TPSA) is 50.5 Å². The van der Waals surface area contributed by atoms with Crippen LogP contribution in [0.5, 0.6) is 0 Å². The van der Waals surface area contributed by atoms with E-state index in [4.69, 9.17) is 4.98 Å². The first-order valence-electron chi connectivity index (χ1n) is 9.62. The van der Waals surface area contributed by atoms with E-state index in [0.29, 0.717) is 13.1 Å². The zero-order valence-electron chi connectivity index (χ0n) is 16.1. The molecule has 5 rings (SSSR count). The summed E-state index contributed by atoms with van der Waals surface area (Å²) < 4.78 is 2.03. The first-order chi connectivity index (χ1) is 14.2. The highest BCUT2D eigenvalue weighted by Gasteiger charge is 2.21. The van der Waals surface area contributed by atoms with E-state index in [1.165, 1.54) is 11.1 Å². The number of pyridine rings is 2. The molecule has 0 saturated heterocycles. The molecule has 0 N–H and O–H groups in total. The van der Waals surface area contributed by atoms with Crippen molar-refractivity contribution in [2.24, 2.45) is 0 Å². The lowest BCUT2D eigenvalue weighted by molar-refractivity contribution is -0.126. The Bertz CT molecular complexity index is 1220. The molecule has 5 nitrogen and oxygen atoms in total. The number of imidazole rings is 1. The highest BCUT2D eigenvalue weighted by molar-refractivity contribution is 5.93. The number of carbonyl (C=O) groups excluding carboxylic acids is 1. The van der Waals surface area contributed by atoms with E-state index >= 15 is 0 Å². The van der Waals surface area contributed by atoms with E-state index < -0.39 is 0 Å². The van der Waals surface area contributed by atoms with E-state index in [0.717, 1.165) is 28.2 Å². The van der Waals surface area contributed by atoms with Gasteiger partial charge in [0, 0.05) is 43.3 Å². The number of benzene rings is 1. The maximum atomic E-state index is 12.9. The van der Waals surface area contributed by atoms with Crippen molar-refractivity contribution in [3.05, 3.63) is 95.6 Å². The van der Waals surface area contributed by atoms with Crippen LogP contribution >= 0.6 is 0 Å². The SMILES string of the molecule is Cc1ccc2nc(-c3cccnc3)c(/C=C/C(=O)N3Cc4ccccc4C3)n2c1. The molecule has 142 valence electrons. The number of aromatic nitrogens is 3. The van der Waals surface area contributed by atoms with Gasteiger partial charge in [0.1, 0.15) is 5.65 Å². The average molecular weight is 380 g/mol. The zero-order valence-corrected chi connectivity index (χ0v) is 16.1. The first kappa shape index (κ1) is 17.4. The Balaban J connectivity index is 1.51. The second-order valence-electron chi connectivity index (χ2n) is 7.32. The van der Waals surface area contributed by atoms with Gasteiger partial charge in [-0.25, -0.2) is 4.98 Å². The van der Waals surface area contributed by atoms with Gasteiger partial charge in [-0.2, -0.15) is 0 Å². The van der Waals surface area contributed by atoms with Gasteiger partial charge in [0.25, 0.3) is 0 Å². The Morgan fingerprint density at radius 1 is 1.03 bits per heavy atom. The Kier molecular flexibility index (Phi) is 4.21. The summed E-state index contributed by atoms with van der Waals surface area (Å²) in [6, 6.07) is 16.1. The summed E-state index contributed by atoms with van der Waals surface area (Å²) in [5.41, 5.74) is 7.03. The predicted molar refractivity (Wildman–Crippen MR) is 113 cm³/mol. The average Bonchev–Trinajstić information content (AvgIpc) is 3.34. The van der Waals surface area contributed by atoms with Gasteiger partial charge >= 0.3 is 0 Å². The molecule has 0 bridgehead atoms. The van der Waals surface area contributed by atoms with E-state index in [1.54, 1.807) is 18.5 Å². The Hall–Kier alpha value is -3.73. The molecule has 4 heterocycles. The lowest BCUT2D eigenvalue weighted by Gasteiger charge is -2.12. The van der Waals surface area contributed by atoms with Crippen molar-refractivity contribution in [1.29, 1.82) is 0 Å². The zero-order chi connectivity index (χ0) is 19.8. The minimum atomic E-state index is 0.000870. The van der Waals surface area contributed by atoms with Crippen molar-refractivity contribution < 1.29 is 4.79 Å². The van der Waals surface area contributed by atoms with Crippen LogP contribution in [0, 0.1) is 6.92 Å². The monoisotopic (exact) mass is 380 g/mol. The molecule has 1 aliphatic rings. The summed E-state index contributed by atoms with van der Waals surface area (Å²) in [5, 5.41) is 0. The Morgan fingerprint density at radius 2 is 1.83 bits per heavy atom. The van der Waals surface area contributed by atoms with Crippen LogP contribution in [-0.2, 0) is 17.9 Å². The number of carbonyl (C=O) groups is 1. The van der Waals surface area contributed by atoms with E-state index in [-0.39, 0.29) is 5.91 Å². The molecule has 0 unspecified atom stereocenters. The predicted octanol–water partition coefficient (Wildman–Crippen LogP) is 4.26. The highest BCUT2D eigenvalue weighted by Crippen LogP contribution is 2.26. The van der Waals surface area contributed by atoms with Gasteiger partial charge in [0.15, 0.2) is 0 Å². The van der Waals surface area contributed by atoms with Gasteiger partial charge in [-0.3, -0.25) is 14.2 Å². The van der Waals surface area contributed by atoms with E-state index in [9.17, 15) is 4.79 Å². The van der Waals surface area contributed by atoms with Crippen molar-refractivity contribution in [3.8, 4) is 11.3 Å². The van der Waals surface area contributed by atoms with Crippen molar-refractivity contribution >= 4 is 17.6 Å². The number of hydrogen-bond donors (Lipinski definition) is 0. The van der Waals surface area contributed by atoms with E-state index in [2.05, 4.69) is 17.1 Å². The van der Waals surface area contributed by atoms with Crippen LogP contribution in [-0.4, -0.2) is 25.2 Å². The molecule has 0 aliphatic carbocycles. The third kappa shape index (κ3) is 3.21. The van der Waals surface area contributed by atoms with Crippen LogP contribution < -0.4 is 0 Å². The molecule has 1 aromatic carbocycles. The largest absolute Gasteiger partial charge is 0.330 e. The van der Waals surface area contributed by atoms with Crippen LogP contribution in [0.2, 0.25) is 0 Å². The highest BCUT2D eigenvalue weighted by atomic mass is 16.2. The number of hydrogen-bond acceptors (Lipinski definition) is 3. The molecule has 1 aliphatic heterocycles. The molecule has 0 radical (unpaired) electrons. The molecule has 0 saturated carbocycles.